The third-order valence-electron chi connectivity index (χ3n) is 4.71. The highest BCUT2D eigenvalue weighted by molar-refractivity contribution is 5.38. The zero-order valence-electron chi connectivity index (χ0n) is 11.3. The first kappa shape index (κ1) is 13.0. The van der Waals surface area contributed by atoms with E-state index in [2.05, 4.69) is 39.1 Å². The normalized spacial score (nSPS) is 20.4. The predicted octanol–water partition coefficient (Wildman–Crippen LogP) is 3.22. The van der Waals surface area contributed by atoms with Crippen LogP contribution in [0.25, 0.3) is 0 Å². The molecule has 1 saturated carbocycles. The number of hydrogen-bond acceptors (Lipinski definition) is 2. The lowest BCUT2D eigenvalue weighted by atomic mass is 10.0. The van der Waals surface area contributed by atoms with Gasteiger partial charge in [-0.15, -0.1) is 0 Å². The molecule has 18 heavy (non-hydrogen) atoms. The molecule has 0 radical (unpaired) electrons. The molecule has 0 atom stereocenters. The smallest absolute Gasteiger partial charge is 0.123 e. The third kappa shape index (κ3) is 1.91. The van der Waals surface area contributed by atoms with E-state index in [0.29, 0.717) is 18.2 Å². The van der Waals surface area contributed by atoms with Gasteiger partial charge in [0.15, 0.2) is 0 Å². The van der Waals surface area contributed by atoms with Crippen molar-refractivity contribution in [2.75, 3.05) is 0 Å². The van der Waals surface area contributed by atoms with E-state index in [-0.39, 0.29) is 16.6 Å². The molecular formula is C15H19FN2. The van der Waals surface area contributed by atoms with Crippen LogP contribution in [0.2, 0.25) is 0 Å². The first-order valence-corrected chi connectivity index (χ1v) is 6.22. The Bertz CT molecular complexity index is 498. The van der Waals surface area contributed by atoms with Crippen LogP contribution >= 0.6 is 0 Å². The molecule has 0 aromatic heterocycles. The zero-order valence-corrected chi connectivity index (χ0v) is 11.3. The van der Waals surface area contributed by atoms with Gasteiger partial charge in [0.05, 0.1) is 11.6 Å². The van der Waals surface area contributed by atoms with Crippen molar-refractivity contribution in [1.82, 2.24) is 5.32 Å². The highest BCUT2D eigenvalue weighted by Crippen LogP contribution is 2.62. The summed E-state index contributed by atoms with van der Waals surface area (Å²) in [5.74, 6) is -0.292. The fourth-order valence-electron chi connectivity index (χ4n) is 2.74. The zero-order chi connectivity index (χ0) is 13.6. The molecule has 0 heterocycles. The van der Waals surface area contributed by atoms with Crippen LogP contribution in [0.4, 0.5) is 4.39 Å². The fraction of sp³-hybridized carbons (Fsp3) is 0.533. The summed E-state index contributed by atoms with van der Waals surface area (Å²) < 4.78 is 13.2. The molecule has 1 N–H and O–H groups in total. The second-order valence-electron chi connectivity index (χ2n) is 6.17. The Morgan fingerprint density at radius 2 is 1.89 bits per heavy atom. The topological polar surface area (TPSA) is 35.8 Å². The van der Waals surface area contributed by atoms with Crippen LogP contribution < -0.4 is 5.32 Å². The lowest BCUT2D eigenvalue weighted by Gasteiger charge is -2.08. The van der Waals surface area contributed by atoms with Gasteiger partial charge in [0, 0.05) is 12.6 Å². The molecule has 0 aliphatic heterocycles. The van der Waals surface area contributed by atoms with E-state index in [1.807, 2.05) is 0 Å². The molecule has 1 aliphatic carbocycles. The molecule has 1 aromatic carbocycles. The molecular weight excluding hydrogens is 227 g/mol. The van der Waals surface area contributed by atoms with Crippen molar-refractivity contribution >= 4 is 0 Å². The average molecular weight is 246 g/mol. The van der Waals surface area contributed by atoms with Crippen molar-refractivity contribution in [3.8, 4) is 6.07 Å². The average Bonchev–Trinajstić information content (AvgIpc) is 2.67. The predicted molar refractivity (Wildman–Crippen MR) is 69.3 cm³/mol. The van der Waals surface area contributed by atoms with Crippen molar-refractivity contribution < 1.29 is 4.39 Å². The minimum atomic E-state index is -0.292. The van der Waals surface area contributed by atoms with Gasteiger partial charge in [-0.2, -0.15) is 5.26 Å². The Morgan fingerprint density at radius 1 is 1.28 bits per heavy atom. The molecule has 0 saturated heterocycles. The largest absolute Gasteiger partial charge is 0.309 e. The molecule has 1 aromatic rings. The monoisotopic (exact) mass is 246 g/mol. The molecule has 0 spiro atoms. The maximum absolute atomic E-state index is 13.2. The summed E-state index contributed by atoms with van der Waals surface area (Å²) in [4.78, 5) is 0. The lowest BCUT2D eigenvalue weighted by Crippen LogP contribution is -2.22. The minimum absolute atomic E-state index is 0.243. The van der Waals surface area contributed by atoms with Crippen molar-refractivity contribution in [1.29, 1.82) is 5.26 Å². The molecule has 3 heteroatoms. The van der Waals surface area contributed by atoms with E-state index in [9.17, 15) is 4.39 Å². The summed E-state index contributed by atoms with van der Waals surface area (Å²) >= 11 is 0. The fourth-order valence-corrected chi connectivity index (χ4v) is 2.74. The van der Waals surface area contributed by atoms with Gasteiger partial charge in [0.2, 0.25) is 0 Å². The second-order valence-corrected chi connectivity index (χ2v) is 6.17. The van der Waals surface area contributed by atoms with E-state index in [1.165, 1.54) is 18.2 Å². The van der Waals surface area contributed by atoms with E-state index in [1.54, 1.807) is 0 Å². The van der Waals surface area contributed by atoms with Crippen molar-refractivity contribution in [3.63, 3.8) is 0 Å². The molecule has 1 aliphatic rings. The molecule has 0 unspecified atom stereocenters. The number of nitrogens with one attached hydrogen (secondary N) is 1. The van der Waals surface area contributed by atoms with Crippen LogP contribution in [0, 0.1) is 28.0 Å². The van der Waals surface area contributed by atoms with Gasteiger partial charge in [-0.1, -0.05) is 27.7 Å². The Balaban J connectivity index is 2.09. The first-order valence-electron chi connectivity index (χ1n) is 6.22. The van der Waals surface area contributed by atoms with Crippen molar-refractivity contribution in [2.45, 2.75) is 40.3 Å². The van der Waals surface area contributed by atoms with Crippen LogP contribution in [0.5, 0.6) is 0 Å². The van der Waals surface area contributed by atoms with Gasteiger partial charge < -0.3 is 5.32 Å². The standard InChI is InChI=1S/C15H19FN2/c1-14(2)13(15(14,3)4)18-9-11-7-12(16)6-5-10(11)8-17/h5-7,13,18H,9H2,1-4H3. The highest BCUT2D eigenvalue weighted by Gasteiger charge is 2.64. The second kappa shape index (κ2) is 4.07. The lowest BCUT2D eigenvalue weighted by molar-refractivity contribution is 0.457. The summed E-state index contributed by atoms with van der Waals surface area (Å²) in [5, 5.41) is 12.4. The minimum Gasteiger partial charge on any atom is -0.309 e. The molecule has 1 fully saturated rings. The Labute approximate surface area is 108 Å². The van der Waals surface area contributed by atoms with Crippen LogP contribution in [0.3, 0.4) is 0 Å². The molecule has 2 rings (SSSR count). The van der Waals surface area contributed by atoms with Gasteiger partial charge >= 0.3 is 0 Å². The van der Waals surface area contributed by atoms with Crippen LogP contribution in [0.15, 0.2) is 18.2 Å². The quantitative estimate of drug-likeness (QED) is 0.888. The van der Waals surface area contributed by atoms with Gasteiger partial charge in [-0.3, -0.25) is 0 Å². The van der Waals surface area contributed by atoms with E-state index >= 15 is 0 Å². The summed E-state index contributed by atoms with van der Waals surface area (Å²) in [6, 6.07) is 6.81. The molecule has 0 bridgehead atoms. The Morgan fingerprint density at radius 3 is 2.39 bits per heavy atom. The highest BCUT2D eigenvalue weighted by atomic mass is 19.1. The number of rotatable bonds is 3. The summed E-state index contributed by atoms with van der Waals surface area (Å²) in [7, 11) is 0. The molecule has 0 amide bonds. The van der Waals surface area contributed by atoms with Gasteiger partial charge in [0.1, 0.15) is 5.82 Å². The Kier molecular flexibility index (Phi) is 2.95. The Hall–Kier alpha value is -1.40. The number of halogens is 1. The number of benzene rings is 1. The van der Waals surface area contributed by atoms with E-state index in [4.69, 9.17) is 5.26 Å². The maximum Gasteiger partial charge on any atom is 0.123 e. The number of hydrogen-bond donors (Lipinski definition) is 1. The van der Waals surface area contributed by atoms with Crippen LogP contribution in [-0.4, -0.2) is 6.04 Å². The SMILES string of the molecule is CC1(C)C(NCc2cc(F)ccc2C#N)C1(C)C. The van der Waals surface area contributed by atoms with Crippen molar-refractivity contribution in [3.05, 3.63) is 35.1 Å². The number of nitrogens with zero attached hydrogens (tertiary/aromatic N) is 1. The maximum atomic E-state index is 13.2. The summed E-state index contributed by atoms with van der Waals surface area (Å²) in [6.45, 7) is 9.43. The van der Waals surface area contributed by atoms with Crippen molar-refractivity contribution in [2.24, 2.45) is 10.8 Å². The van der Waals surface area contributed by atoms with E-state index in [0.717, 1.165) is 5.56 Å². The molecule has 96 valence electrons. The first-order chi connectivity index (χ1) is 8.30. The summed E-state index contributed by atoms with van der Waals surface area (Å²) in [6.07, 6.45) is 0. The van der Waals surface area contributed by atoms with E-state index < -0.39 is 0 Å². The third-order valence-corrected chi connectivity index (χ3v) is 4.71. The van der Waals surface area contributed by atoms with Gasteiger partial charge in [-0.25, -0.2) is 4.39 Å². The summed E-state index contributed by atoms with van der Waals surface area (Å²) in [5.41, 5.74) is 1.76. The van der Waals surface area contributed by atoms with Crippen LogP contribution in [0.1, 0.15) is 38.8 Å². The molecule has 2 nitrogen and oxygen atoms in total. The van der Waals surface area contributed by atoms with Gasteiger partial charge in [0.25, 0.3) is 0 Å². The number of nitriles is 1. The van der Waals surface area contributed by atoms with Crippen LogP contribution in [-0.2, 0) is 6.54 Å². The van der Waals surface area contributed by atoms with Gasteiger partial charge in [-0.05, 0) is 34.6 Å².